The second-order valence-electron chi connectivity index (χ2n) is 6.83. The van der Waals surface area contributed by atoms with E-state index >= 15 is 0 Å². The summed E-state index contributed by atoms with van der Waals surface area (Å²) in [5.41, 5.74) is 0.573. The van der Waals surface area contributed by atoms with Crippen LogP contribution in [0.25, 0.3) is 0 Å². The zero-order chi connectivity index (χ0) is 25.3. The molecule has 11 nitrogen and oxygen atoms in total. The lowest BCUT2D eigenvalue weighted by Crippen LogP contribution is -2.28. The van der Waals surface area contributed by atoms with E-state index in [2.05, 4.69) is 5.32 Å². The topological polar surface area (TPSA) is 144 Å². The molecule has 11 heteroatoms. The van der Waals surface area contributed by atoms with Crippen molar-refractivity contribution >= 4 is 29.8 Å². The number of hydrogen-bond donors (Lipinski definition) is 1. The molecule has 0 aliphatic heterocycles. The number of rotatable bonds is 9. The molecular weight excluding hydrogens is 450 g/mol. The molecule has 0 aliphatic carbocycles. The Labute approximate surface area is 194 Å². The zero-order valence-electron chi connectivity index (χ0n) is 19.0. The van der Waals surface area contributed by atoms with Crippen LogP contribution in [0.4, 0.5) is 0 Å². The molecule has 0 aliphatic rings. The Hall–Kier alpha value is -4.41. The van der Waals surface area contributed by atoms with Crippen LogP contribution < -0.4 is 29.0 Å². The van der Waals surface area contributed by atoms with Crippen molar-refractivity contribution in [2.45, 2.75) is 34.2 Å². The summed E-state index contributed by atoms with van der Waals surface area (Å²) in [5.74, 6) is -2.58. The summed E-state index contributed by atoms with van der Waals surface area (Å²) in [6, 6.07) is 8.61. The zero-order valence-corrected chi connectivity index (χ0v) is 19.0. The van der Waals surface area contributed by atoms with Gasteiger partial charge < -0.3 is 29.0 Å². The monoisotopic (exact) mass is 473 g/mol. The summed E-state index contributed by atoms with van der Waals surface area (Å²) in [6.07, 6.45) is 0. The van der Waals surface area contributed by atoms with Crippen LogP contribution in [0.2, 0.25) is 0 Å². The van der Waals surface area contributed by atoms with Crippen molar-refractivity contribution in [1.29, 1.82) is 0 Å². The SMILES string of the molecule is CC(=O)Oc1ccc(CNC(=O)COc2ccc(OC(C)=O)c(OC(C)=O)c2)cc1OC(C)=O. The lowest BCUT2D eigenvalue weighted by Gasteiger charge is -2.12. The van der Waals surface area contributed by atoms with Crippen LogP contribution in [0.5, 0.6) is 28.7 Å². The molecule has 2 aromatic carbocycles. The molecule has 0 saturated carbocycles. The minimum Gasteiger partial charge on any atom is -0.484 e. The van der Waals surface area contributed by atoms with E-state index in [-0.39, 0.29) is 41.9 Å². The van der Waals surface area contributed by atoms with Gasteiger partial charge in [-0.3, -0.25) is 24.0 Å². The van der Waals surface area contributed by atoms with Crippen molar-refractivity contribution < 1.29 is 47.7 Å². The number of ether oxygens (including phenoxy) is 5. The van der Waals surface area contributed by atoms with Gasteiger partial charge in [0.25, 0.3) is 5.91 Å². The minimum absolute atomic E-state index is 0.0280. The van der Waals surface area contributed by atoms with E-state index < -0.39 is 29.8 Å². The molecule has 0 radical (unpaired) electrons. The molecule has 0 atom stereocenters. The van der Waals surface area contributed by atoms with Gasteiger partial charge in [-0.25, -0.2) is 0 Å². The molecule has 1 amide bonds. The summed E-state index contributed by atoms with van der Waals surface area (Å²) in [4.78, 5) is 57.2. The summed E-state index contributed by atoms with van der Waals surface area (Å²) in [5, 5.41) is 2.63. The van der Waals surface area contributed by atoms with Crippen molar-refractivity contribution in [2.75, 3.05) is 6.61 Å². The summed E-state index contributed by atoms with van der Waals surface area (Å²) >= 11 is 0. The van der Waals surface area contributed by atoms with Crippen molar-refractivity contribution in [1.82, 2.24) is 5.32 Å². The number of amides is 1. The molecular formula is C23H23NO10. The largest absolute Gasteiger partial charge is 0.484 e. The second kappa shape index (κ2) is 12.0. The smallest absolute Gasteiger partial charge is 0.308 e. The van der Waals surface area contributed by atoms with Gasteiger partial charge in [0.05, 0.1) is 0 Å². The Morgan fingerprint density at radius 3 is 1.65 bits per heavy atom. The van der Waals surface area contributed by atoms with Crippen molar-refractivity contribution in [3.63, 3.8) is 0 Å². The van der Waals surface area contributed by atoms with E-state index in [9.17, 15) is 24.0 Å². The van der Waals surface area contributed by atoms with Crippen LogP contribution in [0, 0.1) is 0 Å². The highest BCUT2D eigenvalue weighted by Crippen LogP contribution is 2.32. The maximum atomic E-state index is 12.2. The van der Waals surface area contributed by atoms with Crippen LogP contribution in [0.3, 0.4) is 0 Å². The normalized spacial score (nSPS) is 10.0. The first-order chi connectivity index (χ1) is 16.0. The number of carbonyl (C=O) groups excluding carboxylic acids is 5. The molecule has 2 aromatic rings. The van der Waals surface area contributed by atoms with Crippen LogP contribution in [0.15, 0.2) is 36.4 Å². The number of hydrogen-bond acceptors (Lipinski definition) is 10. The molecule has 0 spiro atoms. The van der Waals surface area contributed by atoms with E-state index in [0.29, 0.717) is 5.56 Å². The Morgan fingerprint density at radius 1 is 0.647 bits per heavy atom. The van der Waals surface area contributed by atoms with Crippen LogP contribution in [0.1, 0.15) is 33.3 Å². The fourth-order valence-electron chi connectivity index (χ4n) is 2.59. The van der Waals surface area contributed by atoms with Crippen LogP contribution in [-0.2, 0) is 30.5 Å². The van der Waals surface area contributed by atoms with E-state index in [0.717, 1.165) is 0 Å². The predicted molar refractivity (Wildman–Crippen MR) is 115 cm³/mol. The fraction of sp³-hybridized carbons (Fsp3) is 0.261. The predicted octanol–water partition coefficient (Wildman–Crippen LogP) is 2.08. The minimum atomic E-state index is -0.629. The van der Waals surface area contributed by atoms with Gasteiger partial charge >= 0.3 is 23.9 Å². The molecule has 0 aromatic heterocycles. The van der Waals surface area contributed by atoms with Crippen molar-refractivity contribution in [3.8, 4) is 28.7 Å². The Balaban J connectivity index is 2.00. The van der Waals surface area contributed by atoms with Gasteiger partial charge in [0.2, 0.25) is 0 Å². The van der Waals surface area contributed by atoms with Crippen molar-refractivity contribution in [3.05, 3.63) is 42.0 Å². The van der Waals surface area contributed by atoms with Gasteiger partial charge in [-0.15, -0.1) is 0 Å². The number of benzene rings is 2. The third-order valence-corrected chi connectivity index (χ3v) is 3.80. The highest BCUT2D eigenvalue weighted by molar-refractivity contribution is 5.78. The molecule has 0 saturated heterocycles. The molecule has 180 valence electrons. The Morgan fingerprint density at radius 2 is 1.12 bits per heavy atom. The average molecular weight is 473 g/mol. The lowest BCUT2D eigenvalue weighted by molar-refractivity contribution is -0.134. The first kappa shape index (κ1) is 25.8. The third-order valence-electron chi connectivity index (χ3n) is 3.80. The van der Waals surface area contributed by atoms with Gasteiger partial charge in [-0.2, -0.15) is 0 Å². The Kier molecular flexibility index (Phi) is 9.12. The third kappa shape index (κ3) is 8.61. The molecule has 0 fully saturated rings. The lowest BCUT2D eigenvalue weighted by atomic mass is 10.2. The van der Waals surface area contributed by atoms with E-state index in [1.54, 1.807) is 6.07 Å². The van der Waals surface area contributed by atoms with Gasteiger partial charge in [-0.1, -0.05) is 6.07 Å². The number of esters is 4. The highest BCUT2D eigenvalue weighted by atomic mass is 16.6. The maximum Gasteiger partial charge on any atom is 0.308 e. The summed E-state index contributed by atoms with van der Waals surface area (Å²) < 4.78 is 25.4. The molecule has 1 N–H and O–H groups in total. The maximum absolute atomic E-state index is 12.2. The molecule has 0 bridgehead atoms. The van der Waals surface area contributed by atoms with Crippen LogP contribution >= 0.6 is 0 Å². The first-order valence-corrected chi connectivity index (χ1v) is 9.93. The highest BCUT2D eigenvalue weighted by Gasteiger charge is 2.14. The summed E-state index contributed by atoms with van der Waals surface area (Å²) in [6.45, 7) is 4.50. The fourth-order valence-corrected chi connectivity index (χ4v) is 2.59. The Bertz CT molecular complexity index is 1020. The van der Waals surface area contributed by atoms with Crippen LogP contribution in [-0.4, -0.2) is 36.4 Å². The molecule has 0 heterocycles. The standard InChI is InChI=1S/C23H23NO10/c1-13(25)31-19-7-5-17(9-21(19)33-15(3)27)11-24-23(29)12-30-18-6-8-20(32-14(2)26)22(10-18)34-16(4)28/h5-10H,11-12H2,1-4H3,(H,24,29). The van der Waals surface area contributed by atoms with Gasteiger partial charge in [0.1, 0.15) is 5.75 Å². The van der Waals surface area contributed by atoms with Gasteiger partial charge in [-0.05, 0) is 29.8 Å². The van der Waals surface area contributed by atoms with E-state index in [1.807, 2.05) is 0 Å². The van der Waals surface area contributed by atoms with E-state index in [1.165, 1.54) is 58.0 Å². The van der Waals surface area contributed by atoms with Gasteiger partial charge in [0.15, 0.2) is 29.6 Å². The first-order valence-electron chi connectivity index (χ1n) is 9.93. The second-order valence-corrected chi connectivity index (χ2v) is 6.83. The molecule has 0 unspecified atom stereocenters. The average Bonchev–Trinajstić information content (AvgIpc) is 2.72. The van der Waals surface area contributed by atoms with Crippen molar-refractivity contribution in [2.24, 2.45) is 0 Å². The number of carbonyl (C=O) groups is 5. The van der Waals surface area contributed by atoms with Gasteiger partial charge in [0, 0.05) is 40.3 Å². The molecule has 2 rings (SSSR count). The summed E-state index contributed by atoms with van der Waals surface area (Å²) in [7, 11) is 0. The van der Waals surface area contributed by atoms with E-state index in [4.69, 9.17) is 23.7 Å². The molecule has 34 heavy (non-hydrogen) atoms. The number of nitrogens with one attached hydrogen (secondary N) is 1. The quantitative estimate of drug-likeness (QED) is 0.425.